The highest BCUT2D eigenvalue weighted by Gasteiger charge is 2.16. The van der Waals surface area contributed by atoms with Crippen LogP contribution in [-0.4, -0.2) is 13.0 Å². The maximum Gasteiger partial charge on any atom is 0.251 e. The lowest BCUT2D eigenvalue weighted by atomic mass is 10.0. The third-order valence-corrected chi connectivity index (χ3v) is 2.57. The molecular weight excluding hydrogens is 202 g/mol. The molecule has 1 atom stereocenters. The number of primary amides is 1. The van der Waals surface area contributed by atoms with Gasteiger partial charge in [0.05, 0.1) is 0 Å². The summed E-state index contributed by atoms with van der Waals surface area (Å²) in [6, 6.07) is 13.7. The van der Waals surface area contributed by atoms with Crippen LogP contribution in [0.1, 0.15) is 11.7 Å². The number of rotatable bonds is 3. The van der Waals surface area contributed by atoms with E-state index in [-0.39, 0.29) is 0 Å². The molecule has 1 amide bonds. The van der Waals surface area contributed by atoms with Crippen LogP contribution >= 0.6 is 0 Å². The minimum atomic E-state index is -0.676. The Kier molecular flexibility index (Phi) is 2.88. The monoisotopic (exact) mass is 215 g/mol. The highest BCUT2D eigenvalue weighted by Crippen LogP contribution is 2.22. The van der Waals surface area contributed by atoms with Crippen molar-refractivity contribution in [2.24, 2.45) is 5.73 Å². The molecule has 0 saturated heterocycles. The zero-order chi connectivity index (χ0) is 11.5. The van der Waals surface area contributed by atoms with Gasteiger partial charge in [0.15, 0.2) is 6.10 Å². The van der Waals surface area contributed by atoms with Gasteiger partial charge in [-0.15, -0.1) is 0 Å². The van der Waals surface area contributed by atoms with Crippen LogP contribution in [-0.2, 0) is 9.53 Å². The molecule has 2 rings (SSSR count). The predicted molar refractivity (Wildman–Crippen MR) is 62.9 cm³/mol. The van der Waals surface area contributed by atoms with Crippen LogP contribution in [0.3, 0.4) is 0 Å². The molecule has 82 valence electrons. The number of amides is 1. The number of ether oxygens (including phenoxy) is 1. The second-order valence-electron chi connectivity index (χ2n) is 3.62. The summed E-state index contributed by atoms with van der Waals surface area (Å²) in [7, 11) is 1.48. The van der Waals surface area contributed by atoms with Crippen molar-refractivity contribution in [3.05, 3.63) is 48.0 Å². The lowest BCUT2D eigenvalue weighted by Crippen LogP contribution is -2.22. The number of fused-ring (bicyclic) bond motifs is 1. The molecule has 2 N–H and O–H groups in total. The van der Waals surface area contributed by atoms with E-state index in [1.54, 1.807) is 0 Å². The maximum atomic E-state index is 11.2. The summed E-state index contributed by atoms with van der Waals surface area (Å²) >= 11 is 0. The van der Waals surface area contributed by atoms with Crippen LogP contribution in [0, 0.1) is 0 Å². The number of hydrogen-bond donors (Lipinski definition) is 1. The molecule has 1 unspecified atom stereocenters. The first-order valence-corrected chi connectivity index (χ1v) is 5.03. The molecular formula is C13H13NO2. The fourth-order valence-corrected chi connectivity index (χ4v) is 1.79. The summed E-state index contributed by atoms with van der Waals surface area (Å²) in [6.45, 7) is 0. The molecule has 0 heterocycles. The van der Waals surface area contributed by atoms with Gasteiger partial charge in [-0.1, -0.05) is 36.4 Å². The van der Waals surface area contributed by atoms with Gasteiger partial charge in [0, 0.05) is 7.11 Å². The van der Waals surface area contributed by atoms with Crippen molar-refractivity contribution in [2.75, 3.05) is 7.11 Å². The number of benzene rings is 2. The molecule has 0 bridgehead atoms. The Hall–Kier alpha value is -1.87. The SMILES string of the molecule is COC(C(N)=O)c1ccc2ccccc2c1. The molecule has 3 nitrogen and oxygen atoms in total. The normalized spacial score (nSPS) is 12.6. The summed E-state index contributed by atoms with van der Waals surface area (Å²) in [5.41, 5.74) is 6.05. The first-order chi connectivity index (χ1) is 7.72. The molecule has 0 aromatic heterocycles. The average Bonchev–Trinajstić information content (AvgIpc) is 2.29. The Morgan fingerprint density at radius 1 is 1.19 bits per heavy atom. The van der Waals surface area contributed by atoms with E-state index in [1.165, 1.54) is 7.11 Å². The Labute approximate surface area is 93.8 Å². The van der Waals surface area contributed by atoms with Gasteiger partial charge >= 0.3 is 0 Å². The number of hydrogen-bond acceptors (Lipinski definition) is 2. The maximum absolute atomic E-state index is 11.2. The molecule has 0 spiro atoms. The van der Waals surface area contributed by atoms with Gasteiger partial charge in [-0.05, 0) is 22.4 Å². The van der Waals surface area contributed by atoms with Gasteiger partial charge in [0.1, 0.15) is 0 Å². The van der Waals surface area contributed by atoms with Crippen molar-refractivity contribution in [3.63, 3.8) is 0 Å². The van der Waals surface area contributed by atoms with E-state index in [0.29, 0.717) is 0 Å². The van der Waals surface area contributed by atoms with Crippen LogP contribution < -0.4 is 5.73 Å². The molecule has 0 aliphatic rings. The van der Waals surface area contributed by atoms with Crippen molar-refractivity contribution in [2.45, 2.75) is 6.10 Å². The fourth-order valence-electron chi connectivity index (χ4n) is 1.79. The van der Waals surface area contributed by atoms with E-state index in [9.17, 15) is 4.79 Å². The van der Waals surface area contributed by atoms with Crippen molar-refractivity contribution < 1.29 is 9.53 Å². The van der Waals surface area contributed by atoms with Crippen LogP contribution in [0.4, 0.5) is 0 Å². The van der Waals surface area contributed by atoms with Crippen molar-refractivity contribution in [1.82, 2.24) is 0 Å². The Balaban J connectivity index is 2.49. The topological polar surface area (TPSA) is 52.3 Å². The second-order valence-corrected chi connectivity index (χ2v) is 3.62. The summed E-state index contributed by atoms with van der Waals surface area (Å²) in [4.78, 5) is 11.2. The van der Waals surface area contributed by atoms with Crippen LogP contribution in [0.2, 0.25) is 0 Å². The number of carbonyl (C=O) groups is 1. The van der Waals surface area contributed by atoms with E-state index >= 15 is 0 Å². The number of nitrogens with two attached hydrogens (primary N) is 1. The highest BCUT2D eigenvalue weighted by molar-refractivity contribution is 5.86. The van der Waals surface area contributed by atoms with Gasteiger partial charge in [0.25, 0.3) is 5.91 Å². The van der Waals surface area contributed by atoms with Gasteiger partial charge in [-0.2, -0.15) is 0 Å². The Morgan fingerprint density at radius 3 is 2.50 bits per heavy atom. The van der Waals surface area contributed by atoms with E-state index in [0.717, 1.165) is 16.3 Å². The summed E-state index contributed by atoms with van der Waals surface area (Å²) in [5, 5.41) is 2.20. The highest BCUT2D eigenvalue weighted by atomic mass is 16.5. The lowest BCUT2D eigenvalue weighted by Gasteiger charge is -2.12. The molecule has 2 aromatic carbocycles. The second kappa shape index (κ2) is 4.33. The fraction of sp³-hybridized carbons (Fsp3) is 0.154. The predicted octanol–water partition coefficient (Wildman–Crippen LogP) is 2.01. The van der Waals surface area contributed by atoms with Gasteiger partial charge in [-0.3, -0.25) is 4.79 Å². The van der Waals surface area contributed by atoms with Crippen molar-refractivity contribution in [1.29, 1.82) is 0 Å². The van der Waals surface area contributed by atoms with Gasteiger partial charge < -0.3 is 10.5 Å². The largest absolute Gasteiger partial charge is 0.367 e. The van der Waals surface area contributed by atoms with E-state index in [4.69, 9.17) is 10.5 Å². The smallest absolute Gasteiger partial charge is 0.251 e. The summed E-state index contributed by atoms with van der Waals surface area (Å²) in [6.07, 6.45) is -0.676. The zero-order valence-electron chi connectivity index (χ0n) is 9.01. The Morgan fingerprint density at radius 2 is 1.88 bits per heavy atom. The molecule has 0 radical (unpaired) electrons. The van der Waals surface area contributed by atoms with Gasteiger partial charge in [0.2, 0.25) is 0 Å². The molecule has 0 fully saturated rings. The van der Waals surface area contributed by atoms with Crippen molar-refractivity contribution in [3.8, 4) is 0 Å². The number of methoxy groups -OCH3 is 1. The van der Waals surface area contributed by atoms with Crippen LogP contribution in [0.25, 0.3) is 10.8 Å². The van der Waals surface area contributed by atoms with Crippen molar-refractivity contribution >= 4 is 16.7 Å². The third-order valence-electron chi connectivity index (χ3n) is 2.57. The molecule has 3 heteroatoms. The summed E-state index contributed by atoms with van der Waals surface area (Å²) in [5.74, 6) is -0.474. The van der Waals surface area contributed by atoms with E-state index in [2.05, 4.69) is 0 Å². The first-order valence-electron chi connectivity index (χ1n) is 5.03. The van der Waals surface area contributed by atoms with E-state index in [1.807, 2.05) is 42.5 Å². The minimum Gasteiger partial charge on any atom is -0.367 e. The molecule has 2 aromatic rings. The third kappa shape index (κ3) is 1.90. The lowest BCUT2D eigenvalue weighted by molar-refractivity contribution is -0.128. The quantitative estimate of drug-likeness (QED) is 0.851. The van der Waals surface area contributed by atoms with Gasteiger partial charge in [-0.25, -0.2) is 0 Å². The van der Waals surface area contributed by atoms with E-state index < -0.39 is 12.0 Å². The summed E-state index contributed by atoms with van der Waals surface area (Å²) < 4.78 is 5.07. The average molecular weight is 215 g/mol. The first kappa shape index (κ1) is 10.6. The molecule has 0 aliphatic carbocycles. The molecule has 0 saturated carbocycles. The molecule has 16 heavy (non-hydrogen) atoms. The number of carbonyl (C=O) groups excluding carboxylic acids is 1. The standard InChI is InChI=1S/C13H13NO2/c1-16-12(13(14)15)11-7-6-9-4-2-3-5-10(9)8-11/h2-8,12H,1H3,(H2,14,15). The molecule has 0 aliphatic heterocycles. The minimum absolute atomic E-state index is 0.474. The Bertz CT molecular complexity index is 522. The zero-order valence-corrected chi connectivity index (χ0v) is 9.01. The van der Waals surface area contributed by atoms with Crippen LogP contribution in [0.5, 0.6) is 0 Å². The van der Waals surface area contributed by atoms with Crippen LogP contribution in [0.15, 0.2) is 42.5 Å².